The summed E-state index contributed by atoms with van der Waals surface area (Å²) in [5.74, 6) is 4.68. The molecule has 3 N–H and O–H groups in total. The molecule has 0 aliphatic heterocycles. The van der Waals surface area contributed by atoms with Crippen LogP contribution < -0.4 is 10.6 Å². The largest absolute Gasteiger partial charge is 0.359 e. The van der Waals surface area contributed by atoms with Crippen molar-refractivity contribution in [2.45, 2.75) is 25.7 Å². The molecule has 29 heavy (non-hydrogen) atoms. The second-order valence-electron chi connectivity index (χ2n) is 5.92. The monoisotopic (exact) mass is 434 g/mol. The zero-order chi connectivity index (χ0) is 21.8. The van der Waals surface area contributed by atoms with Crippen molar-refractivity contribution in [3.63, 3.8) is 0 Å². The molecule has 0 bridgehead atoms. The van der Waals surface area contributed by atoms with Crippen molar-refractivity contribution in [2.75, 3.05) is 6.61 Å². The molecule has 0 radical (unpaired) electrons. The summed E-state index contributed by atoms with van der Waals surface area (Å²) in [5, 5.41) is 0.390. The van der Waals surface area contributed by atoms with Gasteiger partial charge in [0.05, 0.1) is 10.6 Å². The standard InChI is InChI=1S/C12H15O3P.C9H9O3P/c1-2-3-4-5-8-11-9-6-7-10-12(11)16(13,14)15;1-2-8-12-13(10,11)9-6-4-3-5-7-9/h1,6-7,9-10H,3-5,8H2,(H2,13,14,15);1,3-7H,8H2,(H,10,11). The molecule has 0 saturated heterocycles. The first-order valence-corrected chi connectivity index (χ1v) is 11.9. The zero-order valence-electron chi connectivity index (χ0n) is 15.8. The highest BCUT2D eigenvalue weighted by atomic mass is 31.2. The van der Waals surface area contributed by atoms with Gasteiger partial charge in [-0.25, -0.2) is 0 Å². The van der Waals surface area contributed by atoms with E-state index in [4.69, 9.17) is 22.6 Å². The van der Waals surface area contributed by atoms with Crippen LogP contribution >= 0.6 is 15.2 Å². The van der Waals surface area contributed by atoms with Gasteiger partial charge in [-0.15, -0.1) is 18.8 Å². The summed E-state index contributed by atoms with van der Waals surface area (Å²) in [6.45, 7) is -0.164. The molecule has 0 fully saturated rings. The molecule has 2 aromatic rings. The highest BCUT2D eigenvalue weighted by Gasteiger charge is 2.21. The first-order chi connectivity index (χ1) is 13.7. The van der Waals surface area contributed by atoms with Gasteiger partial charge in [0.25, 0.3) is 0 Å². The topological polar surface area (TPSA) is 104 Å². The van der Waals surface area contributed by atoms with E-state index in [0.29, 0.717) is 18.4 Å². The lowest BCUT2D eigenvalue weighted by molar-refractivity contribution is 0.302. The fourth-order valence-corrected chi connectivity index (χ4v) is 4.15. The number of hydrogen-bond acceptors (Lipinski definition) is 3. The summed E-state index contributed by atoms with van der Waals surface area (Å²) in [4.78, 5) is 27.7. The molecule has 0 aromatic heterocycles. The minimum Gasteiger partial charge on any atom is -0.321 e. The van der Waals surface area contributed by atoms with E-state index in [1.54, 1.807) is 36.4 Å². The number of terminal acetylenes is 2. The first-order valence-electron chi connectivity index (χ1n) is 8.76. The minimum atomic E-state index is -4.15. The van der Waals surface area contributed by atoms with Crippen LogP contribution in [-0.2, 0) is 20.1 Å². The molecular formula is C21H24O6P2. The van der Waals surface area contributed by atoms with Crippen molar-refractivity contribution in [3.05, 3.63) is 60.2 Å². The van der Waals surface area contributed by atoms with Crippen LogP contribution in [0.3, 0.4) is 0 Å². The van der Waals surface area contributed by atoms with Gasteiger partial charge < -0.3 is 14.7 Å². The van der Waals surface area contributed by atoms with Crippen LogP contribution in [0.2, 0.25) is 0 Å². The smallest absolute Gasteiger partial charge is 0.321 e. The Hall–Kier alpha value is -2.14. The Bertz CT molecular complexity index is 938. The lowest BCUT2D eigenvalue weighted by Crippen LogP contribution is -2.10. The Morgan fingerprint density at radius 1 is 0.862 bits per heavy atom. The third-order valence-electron chi connectivity index (χ3n) is 3.73. The molecular weight excluding hydrogens is 410 g/mol. The van der Waals surface area contributed by atoms with Crippen molar-refractivity contribution in [3.8, 4) is 24.7 Å². The van der Waals surface area contributed by atoms with Gasteiger partial charge in [-0.3, -0.25) is 13.7 Å². The molecule has 1 unspecified atom stereocenters. The van der Waals surface area contributed by atoms with Crippen LogP contribution in [-0.4, -0.2) is 21.3 Å². The lowest BCUT2D eigenvalue weighted by Gasteiger charge is -2.10. The molecule has 6 nitrogen and oxygen atoms in total. The minimum absolute atomic E-state index is 0.135. The molecule has 0 aliphatic rings. The van der Waals surface area contributed by atoms with Gasteiger partial charge in [-0.2, -0.15) is 0 Å². The maximum Gasteiger partial charge on any atom is 0.359 e. The van der Waals surface area contributed by atoms with Crippen molar-refractivity contribution in [1.82, 2.24) is 0 Å². The third-order valence-corrected chi connectivity index (χ3v) is 6.22. The van der Waals surface area contributed by atoms with E-state index in [1.165, 1.54) is 18.2 Å². The molecule has 2 rings (SSSR count). The van der Waals surface area contributed by atoms with Gasteiger partial charge in [0.2, 0.25) is 0 Å². The van der Waals surface area contributed by atoms with Gasteiger partial charge in [0.1, 0.15) is 6.61 Å². The second-order valence-corrected chi connectivity index (χ2v) is 9.30. The van der Waals surface area contributed by atoms with Crippen LogP contribution in [0.15, 0.2) is 54.6 Å². The van der Waals surface area contributed by atoms with Gasteiger partial charge in [0, 0.05) is 6.42 Å². The molecule has 1 atom stereocenters. The van der Waals surface area contributed by atoms with Crippen LogP contribution in [0.1, 0.15) is 24.8 Å². The molecule has 0 aliphatic carbocycles. The average Bonchev–Trinajstić information content (AvgIpc) is 2.70. The average molecular weight is 434 g/mol. The maximum atomic E-state index is 11.4. The van der Waals surface area contributed by atoms with Crippen LogP contribution in [0.5, 0.6) is 0 Å². The summed E-state index contributed by atoms with van der Waals surface area (Å²) in [6.07, 6.45) is 13.1. The van der Waals surface area contributed by atoms with E-state index >= 15 is 0 Å². The van der Waals surface area contributed by atoms with Crippen LogP contribution in [0, 0.1) is 24.7 Å². The molecule has 0 amide bonds. The number of unbranched alkanes of at least 4 members (excludes halogenated alkanes) is 2. The third kappa shape index (κ3) is 9.27. The molecule has 0 saturated carbocycles. The Kier molecular flexibility index (Phi) is 10.7. The van der Waals surface area contributed by atoms with Crippen molar-refractivity contribution in [1.29, 1.82) is 0 Å². The lowest BCUT2D eigenvalue weighted by atomic mass is 10.1. The second kappa shape index (κ2) is 12.4. The normalized spacial score (nSPS) is 12.6. The van der Waals surface area contributed by atoms with Crippen molar-refractivity contribution >= 4 is 25.8 Å². The number of hydrogen-bond donors (Lipinski definition) is 3. The number of benzene rings is 2. The summed E-state index contributed by atoms with van der Waals surface area (Å²) in [5.41, 5.74) is 0.716. The molecule has 8 heteroatoms. The van der Waals surface area contributed by atoms with Gasteiger partial charge in [0.15, 0.2) is 0 Å². The maximum absolute atomic E-state index is 11.4. The van der Waals surface area contributed by atoms with E-state index in [2.05, 4.69) is 16.4 Å². The summed E-state index contributed by atoms with van der Waals surface area (Å²) >= 11 is 0. The van der Waals surface area contributed by atoms with Gasteiger partial charge >= 0.3 is 15.2 Å². The summed E-state index contributed by atoms with van der Waals surface area (Å²) in [7, 11) is -7.86. The van der Waals surface area contributed by atoms with E-state index in [9.17, 15) is 14.0 Å². The van der Waals surface area contributed by atoms with Crippen LogP contribution in [0.4, 0.5) is 0 Å². The first kappa shape index (κ1) is 24.9. The molecule has 0 spiro atoms. The predicted octanol–water partition coefficient (Wildman–Crippen LogP) is 2.98. The van der Waals surface area contributed by atoms with Gasteiger partial charge in [-0.1, -0.05) is 42.3 Å². The fourth-order valence-electron chi connectivity index (χ4n) is 2.36. The molecule has 154 valence electrons. The fraction of sp³-hybridized carbons (Fsp3) is 0.238. The summed E-state index contributed by atoms with van der Waals surface area (Å²) in [6, 6.07) is 14.8. The molecule has 2 aromatic carbocycles. The predicted molar refractivity (Wildman–Crippen MR) is 115 cm³/mol. The number of aryl methyl sites for hydroxylation is 1. The highest BCUT2D eigenvalue weighted by molar-refractivity contribution is 7.61. The highest BCUT2D eigenvalue weighted by Crippen LogP contribution is 2.40. The van der Waals surface area contributed by atoms with E-state index < -0.39 is 15.2 Å². The van der Waals surface area contributed by atoms with E-state index in [1.807, 2.05) is 0 Å². The zero-order valence-corrected chi connectivity index (χ0v) is 17.6. The van der Waals surface area contributed by atoms with E-state index in [0.717, 1.165) is 12.8 Å². The van der Waals surface area contributed by atoms with Gasteiger partial charge in [-0.05, 0) is 43.0 Å². The summed E-state index contributed by atoms with van der Waals surface area (Å²) < 4.78 is 27.3. The quantitative estimate of drug-likeness (QED) is 0.335. The SMILES string of the molecule is C#CCCCCc1ccccc1P(=O)(O)O.C#CCOP(=O)(O)c1ccccc1. The Balaban J connectivity index is 0.000000296. The van der Waals surface area contributed by atoms with Crippen molar-refractivity contribution < 1.29 is 28.3 Å². The Morgan fingerprint density at radius 2 is 1.48 bits per heavy atom. The molecule has 0 heterocycles. The van der Waals surface area contributed by atoms with E-state index in [-0.39, 0.29) is 17.2 Å². The number of rotatable bonds is 8. The Labute approximate surface area is 171 Å². The van der Waals surface area contributed by atoms with Crippen molar-refractivity contribution in [2.24, 2.45) is 0 Å². The van der Waals surface area contributed by atoms with Crippen LogP contribution in [0.25, 0.3) is 0 Å². The Morgan fingerprint density at radius 3 is 2.07 bits per heavy atom.